The van der Waals surface area contributed by atoms with Gasteiger partial charge in [0.15, 0.2) is 0 Å². The normalized spacial score (nSPS) is 20.2. The molecule has 5 rings (SSSR count). The second-order valence-electron chi connectivity index (χ2n) is 9.68. The lowest BCUT2D eigenvalue weighted by Crippen LogP contribution is -2.51. The quantitative estimate of drug-likeness (QED) is 0.246. The van der Waals surface area contributed by atoms with Crippen molar-refractivity contribution in [2.24, 2.45) is 11.7 Å². The van der Waals surface area contributed by atoms with Crippen LogP contribution in [-0.4, -0.2) is 46.7 Å². The van der Waals surface area contributed by atoms with Gasteiger partial charge < -0.3 is 15.8 Å². The van der Waals surface area contributed by atoms with Crippen molar-refractivity contribution >= 4 is 40.8 Å². The monoisotopic (exact) mass is 531 g/mol. The minimum Gasteiger partial charge on any atom is -0.462 e. The molecule has 0 saturated heterocycles. The lowest BCUT2D eigenvalue weighted by atomic mass is 9.66. The molecule has 3 heterocycles. The molecule has 39 heavy (non-hydrogen) atoms. The third kappa shape index (κ3) is 3.51. The van der Waals surface area contributed by atoms with Gasteiger partial charge in [0.2, 0.25) is 5.91 Å². The maximum atomic E-state index is 14.1. The van der Waals surface area contributed by atoms with E-state index in [2.05, 4.69) is 5.32 Å². The summed E-state index contributed by atoms with van der Waals surface area (Å²) in [6, 6.07) is 12.0. The summed E-state index contributed by atoms with van der Waals surface area (Å²) in [6.07, 6.45) is 0. The number of nitro benzene ring substituents is 1. The number of anilines is 2. The van der Waals surface area contributed by atoms with E-state index in [9.17, 15) is 29.3 Å². The van der Waals surface area contributed by atoms with E-state index in [1.165, 1.54) is 17.0 Å². The van der Waals surface area contributed by atoms with Crippen LogP contribution in [0.4, 0.5) is 17.1 Å². The highest BCUT2D eigenvalue weighted by Crippen LogP contribution is 2.56. The Morgan fingerprint density at radius 2 is 1.82 bits per heavy atom. The molecule has 1 spiro atoms. The van der Waals surface area contributed by atoms with Crippen molar-refractivity contribution in [3.05, 3.63) is 86.9 Å². The van der Waals surface area contributed by atoms with Crippen molar-refractivity contribution in [3.8, 4) is 0 Å². The fourth-order valence-electron chi connectivity index (χ4n) is 5.40. The largest absolute Gasteiger partial charge is 0.462 e. The number of carbonyl (C=O) groups is 4. The number of nitrogens with one attached hydrogen (secondary N) is 1. The molecule has 0 unspecified atom stereocenters. The first-order chi connectivity index (χ1) is 18.5. The zero-order valence-corrected chi connectivity index (χ0v) is 21.4. The summed E-state index contributed by atoms with van der Waals surface area (Å²) in [5.74, 6) is -3.78. The van der Waals surface area contributed by atoms with Gasteiger partial charge in [0, 0.05) is 35.6 Å². The highest BCUT2D eigenvalue weighted by atomic mass is 16.6. The number of ether oxygens (including phenoxy) is 1. The third-order valence-corrected chi connectivity index (χ3v) is 6.86. The summed E-state index contributed by atoms with van der Waals surface area (Å²) in [5.41, 5.74) is 3.54. The number of nitrogens with zero attached hydrogens (tertiary/aromatic N) is 3. The summed E-state index contributed by atoms with van der Waals surface area (Å²) in [4.78, 5) is 69.0. The number of imide groups is 1. The van der Waals surface area contributed by atoms with Crippen LogP contribution >= 0.6 is 0 Å². The topological polar surface area (TPSA) is 165 Å². The van der Waals surface area contributed by atoms with Crippen LogP contribution < -0.4 is 16.0 Å². The van der Waals surface area contributed by atoms with E-state index in [-0.39, 0.29) is 53.1 Å². The number of hydrogen-bond acceptors (Lipinski definition) is 9. The van der Waals surface area contributed by atoms with Crippen LogP contribution in [0, 0.1) is 16.0 Å². The zero-order chi connectivity index (χ0) is 28.2. The van der Waals surface area contributed by atoms with Crippen molar-refractivity contribution in [2.75, 3.05) is 23.4 Å². The van der Waals surface area contributed by atoms with Crippen LogP contribution in [0.25, 0.3) is 0 Å². The molecule has 12 heteroatoms. The number of fused-ring (bicyclic) bond motifs is 3. The second kappa shape index (κ2) is 9.08. The number of non-ortho nitro benzene ring substituents is 1. The molecule has 200 valence electrons. The summed E-state index contributed by atoms with van der Waals surface area (Å²) in [5, 5.41) is 14.3. The molecule has 3 aliphatic heterocycles. The minimum atomic E-state index is -2.27. The van der Waals surface area contributed by atoms with Gasteiger partial charge in [-0.25, -0.2) is 4.79 Å². The zero-order valence-electron chi connectivity index (χ0n) is 21.4. The molecule has 3 N–H and O–H groups in total. The first kappa shape index (κ1) is 25.6. The molecule has 2 aromatic carbocycles. The summed E-state index contributed by atoms with van der Waals surface area (Å²) in [7, 11) is 0. The van der Waals surface area contributed by atoms with Gasteiger partial charge in [-0.05, 0) is 31.0 Å². The molecule has 0 fully saturated rings. The molecule has 0 saturated carbocycles. The number of hydrogen-bond donors (Lipinski definition) is 2. The van der Waals surface area contributed by atoms with Gasteiger partial charge in [-0.15, -0.1) is 0 Å². The first-order valence-corrected chi connectivity index (χ1v) is 12.3. The van der Waals surface area contributed by atoms with E-state index in [0.29, 0.717) is 5.69 Å². The van der Waals surface area contributed by atoms with Gasteiger partial charge in [0.25, 0.3) is 17.5 Å². The Hall–Kier alpha value is -5.00. The average Bonchev–Trinajstić information content (AvgIpc) is 3.30. The van der Waals surface area contributed by atoms with Crippen molar-refractivity contribution in [1.82, 2.24) is 4.90 Å². The summed E-state index contributed by atoms with van der Waals surface area (Å²) in [6.45, 7) is 5.15. The molecule has 0 radical (unpaired) electrons. The third-order valence-electron chi connectivity index (χ3n) is 6.86. The Balaban J connectivity index is 1.92. The maximum Gasteiger partial charge on any atom is 0.339 e. The summed E-state index contributed by atoms with van der Waals surface area (Å²) >= 11 is 0. The van der Waals surface area contributed by atoms with E-state index in [1.54, 1.807) is 37.3 Å². The second-order valence-corrected chi connectivity index (χ2v) is 9.68. The molecule has 3 amide bonds. The average molecular weight is 532 g/mol. The van der Waals surface area contributed by atoms with Gasteiger partial charge >= 0.3 is 5.97 Å². The van der Waals surface area contributed by atoms with E-state index < -0.39 is 39.6 Å². The molecular formula is C27H25N5O7. The minimum absolute atomic E-state index is 0.0292. The van der Waals surface area contributed by atoms with Gasteiger partial charge in [-0.3, -0.25) is 34.3 Å². The van der Waals surface area contributed by atoms with E-state index >= 15 is 0 Å². The van der Waals surface area contributed by atoms with E-state index in [1.807, 2.05) is 13.8 Å². The Morgan fingerprint density at radius 3 is 2.44 bits per heavy atom. The lowest BCUT2D eigenvalue weighted by molar-refractivity contribution is -0.384. The van der Waals surface area contributed by atoms with Crippen LogP contribution in [0.15, 0.2) is 71.2 Å². The van der Waals surface area contributed by atoms with Crippen LogP contribution in [0.2, 0.25) is 0 Å². The van der Waals surface area contributed by atoms with Gasteiger partial charge in [0.05, 0.1) is 17.1 Å². The van der Waals surface area contributed by atoms with Crippen LogP contribution in [0.1, 0.15) is 26.3 Å². The Morgan fingerprint density at radius 1 is 1.13 bits per heavy atom. The fraction of sp³-hybridized carbons (Fsp3) is 0.259. The molecule has 12 nitrogen and oxygen atoms in total. The molecule has 0 aromatic heterocycles. The van der Waals surface area contributed by atoms with Gasteiger partial charge in [-0.1, -0.05) is 32.0 Å². The number of nitro groups is 1. The van der Waals surface area contributed by atoms with Crippen molar-refractivity contribution in [1.29, 1.82) is 0 Å². The predicted octanol–water partition coefficient (Wildman–Crippen LogP) is 2.32. The van der Waals surface area contributed by atoms with Crippen molar-refractivity contribution in [2.45, 2.75) is 26.2 Å². The first-order valence-electron chi connectivity index (χ1n) is 12.3. The standard InChI is InChI=1S/C27H25N5O7/c1-4-39-25(35)20-22(28)31(15-8-6-5-7-9-15)21-19(23(33)30(24(21)34)13-14(2)3)27(20)17-12-16(32(37)38)10-11-18(17)29-26(27)36/h5-12,14H,4,13,28H2,1-3H3,(H,29,36)/t27-/m0/s1. The number of carbonyl (C=O) groups excluding carboxylic acids is 4. The number of amides is 3. The lowest BCUT2D eigenvalue weighted by Gasteiger charge is -2.39. The van der Waals surface area contributed by atoms with Crippen molar-refractivity contribution in [3.63, 3.8) is 0 Å². The highest BCUT2D eigenvalue weighted by Gasteiger charge is 2.66. The number of esters is 1. The Bertz CT molecular complexity index is 1530. The van der Waals surface area contributed by atoms with Crippen molar-refractivity contribution < 1.29 is 28.8 Å². The number of para-hydroxylation sites is 1. The maximum absolute atomic E-state index is 14.1. The van der Waals surface area contributed by atoms with Crippen LogP contribution in [0.5, 0.6) is 0 Å². The molecule has 0 aliphatic carbocycles. The molecule has 1 atom stereocenters. The highest BCUT2D eigenvalue weighted by molar-refractivity contribution is 6.31. The van der Waals surface area contributed by atoms with Gasteiger partial charge in [-0.2, -0.15) is 0 Å². The van der Waals surface area contributed by atoms with Crippen LogP contribution in [-0.2, 0) is 29.3 Å². The molecule has 0 bridgehead atoms. The van der Waals surface area contributed by atoms with Crippen LogP contribution in [0.3, 0.4) is 0 Å². The molecular weight excluding hydrogens is 506 g/mol. The number of nitrogens with two attached hydrogens (primary N) is 1. The van der Waals surface area contributed by atoms with Gasteiger partial charge in [0.1, 0.15) is 22.5 Å². The Kier molecular flexibility index (Phi) is 5.97. The van der Waals surface area contributed by atoms with E-state index in [4.69, 9.17) is 10.5 Å². The molecule has 2 aromatic rings. The van der Waals surface area contributed by atoms with E-state index in [0.717, 1.165) is 11.0 Å². The molecule has 3 aliphatic rings. The SMILES string of the molecule is CCOC(=O)C1=C(N)N(c2ccccc2)C2=C(C(=O)N(CC(C)C)C2=O)[C@]12C(=O)Nc1ccc([N+](=O)[O-])cc12. The Labute approximate surface area is 222 Å². The number of benzene rings is 2. The smallest absolute Gasteiger partial charge is 0.339 e. The summed E-state index contributed by atoms with van der Waals surface area (Å²) < 4.78 is 5.32. The predicted molar refractivity (Wildman–Crippen MR) is 139 cm³/mol. The number of rotatable bonds is 6. The fourth-order valence-corrected chi connectivity index (χ4v) is 5.40.